The van der Waals surface area contributed by atoms with Crippen LogP contribution in [0, 0.1) is 0 Å². The average molecular weight is 379 g/mol. The van der Waals surface area contributed by atoms with Crippen molar-refractivity contribution >= 4 is 29.0 Å². The van der Waals surface area contributed by atoms with Crippen LogP contribution in [0.2, 0.25) is 0 Å². The van der Waals surface area contributed by atoms with Crippen LogP contribution >= 0.6 is 0 Å². The van der Waals surface area contributed by atoms with Crippen molar-refractivity contribution in [1.29, 1.82) is 0 Å². The maximum Gasteiger partial charge on any atom is 0.338 e. The number of hydrogen-bond acceptors (Lipinski definition) is 5. The summed E-state index contributed by atoms with van der Waals surface area (Å²) in [4.78, 5) is 26.7. The molecular formula is C21H21N3O4. The Bertz CT molecular complexity index is 977. The molecule has 0 saturated heterocycles. The molecule has 0 aliphatic carbocycles. The van der Waals surface area contributed by atoms with Gasteiger partial charge in [0.1, 0.15) is 5.75 Å². The zero-order valence-corrected chi connectivity index (χ0v) is 15.5. The number of nitrogens with one attached hydrogen (secondary N) is 2. The number of aromatic amines is 1. The molecule has 2 aromatic carbocycles. The fourth-order valence-corrected chi connectivity index (χ4v) is 2.52. The molecule has 0 radical (unpaired) electrons. The number of aromatic nitrogens is 1. The van der Waals surface area contributed by atoms with Crippen LogP contribution < -0.4 is 10.2 Å². The van der Waals surface area contributed by atoms with Gasteiger partial charge in [-0.3, -0.25) is 4.79 Å². The molecule has 3 rings (SSSR count). The lowest BCUT2D eigenvalue weighted by atomic mass is 10.2. The highest BCUT2D eigenvalue weighted by Crippen LogP contribution is 2.15. The largest absolute Gasteiger partial charge is 0.484 e. The van der Waals surface area contributed by atoms with Gasteiger partial charge in [-0.15, -0.1) is 0 Å². The maximum atomic E-state index is 11.9. The monoisotopic (exact) mass is 379 g/mol. The number of hydrogen-bond donors (Lipinski definition) is 2. The van der Waals surface area contributed by atoms with E-state index < -0.39 is 0 Å². The second-order valence-corrected chi connectivity index (χ2v) is 6.03. The van der Waals surface area contributed by atoms with E-state index in [0.717, 1.165) is 22.9 Å². The third kappa shape index (κ3) is 4.97. The second kappa shape index (κ2) is 9.36. The molecule has 0 unspecified atom stereocenters. The lowest BCUT2D eigenvalue weighted by Crippen LogP contribution is -2.24. The van der Waals surface area contributed by atoms with Crippen molar-refractivity contribution in [2.24, 2.45) is 5.10 Å². The molecule has 28 heavy (non-hydrogen) atoms. The summed E-state index contributed by atoms with van der Waals surface area (Å²) >= 11 is 0. The normalized spacial score (nSPS) is 10.9. The first-order chi connectivity index (χ1) is 13.7. The van der Waals surface area contributed by atoms with Crippen LogP contribution in [0.5, 0.6) is 5.75 Å². The van der Waals surface area contributed by atoms with E-state index in [9.17, 15) is 9.59 Å². The van der Waals surface area contributed by atoms with Gasteiger partial charge in [-0.2, -0.15) is 5.10 Å². The van der Waals surface area contributed by atoms with Crippen molar-refractivity contribution in [2.75, 3.05) is 13.2 Å². The van der Waals surface area contributed by atoms with Crippen molar-refractivity contribution in [2.45, 2.75) is 13.3 Å². The number of benzene rings is 2. The van der Waals surface area contributed by atoms with Gasteiger partial charge in [0.05, 0.1) is 18.4 Å². The first kappa shape index (κ1) is 19.2. The van der Waals surface area contributed by atoms with Crippen LogP contribution in [-0.4, -0.2) is 36.3 Å². The number of ether oxygens (including phenoxy) is 2. The highest BCUT2D eigenvalue weighted by molar-refractivity contribution is 5.99. The molecule has 0 aliphatic heterocycles. The number of rotatable bonds is 8. The molecule has 3 aromatic rings. The van der Waals surface area contributed by atoms with Gasteiger partial charge in [0.15, 0.2) is 6.61 Å². The Hall–Kier alpha value is -3.61. The lowest BCUT2D eigenvalue weighted by molar-refractivity contribution is -0.123. The van der Waals surface area contributed by atoms with Crippen molar-refractivity contribution in [3.05, 3.63) is 65.9 Å². The SMILES string of the molecule is CCCOC(=O)c1ccc(OCC(=O)NN=Cc2c[nH]c3ccccc23)cc1. The van der Waals surface area contributed by atoms with Crippen molar-refractivity contribution < 1.29 is 19.1 Å². The number of carbonyl (C=O) groups excluding carboxylic acids is 2. The van der Waals surface area contributed by atoms with Crippen LogP contribution in [0.1, 0.15) is 29.3 Å². The van der Waals surface area contributed by atoms with Crippen LogP contribution in [0.4, 0.5) is 0 Å². The highest BCUT2D eigenvalue weighted by atomic mass is 16.5. The summed E-state index contributed by atoms with van der Waals surface area (Å²) in [6.45, 7) is 2.13. The topological polar surface area (TPSA) is 92.8 Å². The Morgan fingerprint density at radius 2 is 1.93 bits per heavy atom. The van der Waals surface area contributed by atoms with Crippen LogP contribution in [0.3, 0.4) is 0 Å². The Morgan fingerprint density at radius 3 is 2.71 bits per heavy atom. The van der Waals surface area contributed by atoms with Crippen LogP contribution in [0.25, 0.3) is 10.9 Å². The summed E-state index contributed by atoms with van der Waals surface area (Å²) in [6, 6.07) is 14.2. The first-order valence-electron chi connectivity index (χ1n) is 8.95. The predicted octanol–water partition coefficient (Wildman–Crippen LogP) is 3.26. The first-order valence-corrected chi connectivity index (χ1v) is 8.95. The molecule has 0 atom stereocenters. The fourth-order valence-electron chi connectivity index (χ4n) is 2.52. The number of carbonyl (C=O) groups is 2. The van der Waals surface area contributed by atoms with Crippen molar-refractivity contribution in [3.8, 4) is 5.75 Å². The number of fused-ring (bicyclic) bond motifs is 1. The molecule has 1 heterocycles. The van der Waals surface area contributed by atoms with Gasteiger partial charge in [-0.1, -0.05) is 25.1 Å². The van der Waals surface area contributed by atoms with Gasteiger partial charge in [0.25, 0.3) is 5.91 Å². The Kier molecular flexibility index (Phi) is 6.41. The standard InChI is InChI=1S/C21H21N3O4/c1-2-11-27-21(26)15-7-9-17(10-8-15)28-14-20(25)24-23-13-16-12-22-19-6-4-3-5-18(16)19/h3-10,12-13,22H,2,11,14H2,1H3,(H,24,25). The summed E-state index contributed by atoms with van der Waals surface area (Å²) in [5.74, 6) is -0.289. The summed E-state index contributed by atoms with van der Waals surface area (Å²) in [7, 11) is 0. The summed E-state index contributed by atoms with van der Waals surface area (Å²) in [6.07, 6.45) is 4.17. The summed E-state index contributed by atoms with van der Waals surface area (Å²) in [5.41, 5.74) is 4.74. The smallest absolute Gasteiger partial charge is 0.338 e. The van der Waals surface area contributed by atoms with Crippen LogP contribution in [0.15, 0.2) is 59.8 Å². The summed E-state index contributed by atoms with van der Waals surface area (Å²) < 4.78 is 10.5. The minimum atomic E-state index is -0.387. The Balaban J connectivity index is 1.47. The van der Waals surface area contributed by atoms with Gasteiger partial charge in [0.2, 0.25) is 0 Å². The summed E-state index contributed by atoms with van der Waals surface area (Å²) in [5, 5.41) is 4.98. The molecular weight excluding hydrogens is 358 g/mol. The van der Waals surface area contributed by atoms with E-state index in [4.69, 9.17) is 9.47 Å². The van der Waals surface area contributed by atoms with Gasteiger partial charge >= 0.3 is 5.97 Å². The van der Waals surface area contributed by atoms with Gasteiger partial charge < -0.3 is 14.5 Å². The van der Waals surface area contributed by atoms with Gasteiger partial charge in [-0.25, -0.2) is 10.2 Å². The molecule has 7 nitrogen and oxygen atoms in total. The van der Waals surface area contributed by atoms with E-state index in [-0.39, 0.29) is 18.5 Å². The average Bonchev–Trinajstić information content (AvgIpc) is 3.14. The number of hydrazone groups is 1. The molecule has 2 N–H and O–H groups in total. The third-order valence-electron chi connectivity index (χ3n) is 3.91. The molecule has 144 valence electrons. The number of para-hydroxylation sites is 1. The highest BCUT2D eigenvalue weighted by Gasteiger charge is 2.07. The zero-order valence-electron chi connectivity index (χ0n) is 15.5. The molecule has 0 fully saturated rings. The number of nitrogens with zero attached hydrogens (tertiary/aromatic N) is 1. The predicted molar refractivity (Wildman–Crippen MR) is 107 cm³/mol. The van der Waals surface area contributed by atoms with Crippen molar-refractivity contribution in [3.63, 3.8) is 0 Å². The molecule has 1 amide bonds. The number of H-pyrrole nitrogens is 1. The van der Waals surface area contributed by atoms with Crippen molar-refractivity contribution in [1.82, 2.24) is 10.4 Å². The van der Waals surface area contributed by atoms with E-state index in [1.54, 1.807) is 30.5 Å². The van der Waals surface area contributed by atoms with E-state index >= 15 is 0 Å². The minimum absolute atomic E-state index is 0.190. The molecule has 0 bridgehead atoms. The fraction of sp³-hybridized carbons (Fsp3) is 0.190. The molecule has 0 saturated carbocycles. The maximum absolute atomic E-state index is 11.9. The lowest BCUT2D eigenvalue weighted by Gasteiger charge is -2.06. The van der Waals surface area contributed by atoms with E-state index in [1.165, 1.54) is 0 Å². The molecule has 0 aliphatic rings. The molecule has 7 heteroatoms. The van der Waals surface area contributed by atoms with Crippen LogP contribution in [-0.2, 0) is 9.53 Å². The zero-order chi connectivity index (χ0) is 19.8. The quantitative estimate of drug-likeness (QED) is 0.357. The number of amides is 1. The van der Waals surface area contributed by atoms with E-state index in [0.29, 0.717) is 17.9 Å². The van der Waals surface area contributed by atoms with E-state index in [1.807, 2.05) is 37.4 Å². The van der Waals surface area contributed by atoms with Gasteiger partial charge in [0, 0.05) is 22.7 Å². The molecule has 0 spiro atoms. The van der Waals surface area contributed by atoms with E-state index in [2.05, 4.69) is 15.5 Å². The minimum Gasteiger partial charge on any atom is -0.484 e. The Morgan fingerprint density at radius 1 is 1.14 bits per heavy atom. The third-order valence-corrected chi connectivity index (χ3v) is 3.91. The van der Waals surface area contributed by atoms with Gasteiger partial charge in [-0.05, 0) is 36.8 Å². The molecule has 1 aromatic heterocycles. The second-order valence-electron chi connectivity index (χ2n) is 6.03. The number of esters is 1. The Labute approximate surface area is 162 Å².